The molecule has 1 aromatic heterocycles. The number of carbonyl (C=O) groups excluding carboxylic acids is 1. The summed E-state index contributed by atoms with van der Waals surface area (Å²) in [4.78, 5) is 12.0. The second kappa shape index (κ2) is 7.90. The van der Waals surface area contributed by atoms with E-state index < -0.39 is 18.1 Å². The first-order valence-corrected chi connectivity index (χ1v) is 8.14. The Labute approximate surface area is 153 Å². The van der Waals surface area contributed by atoms with Crippen LogP contribution in [0.15, 0.2) is 79.1 Å². The van der Waals surface area contributed by atoms with E-state index in [1.54, 1.807) is 16.9 Å². The first-order valence-electron chi connectivity index (χ1n) is 8.14. The maximum atomic E-state index is 13.3. The highest BCUT2D eigenvalue weighted by Gasteiger charge is 2.41. The number of para-hydroxylation sites is 1. The Morgan fingerprint density at radius 1 is 1.04 bits per heavy atom. The Bertz CT molecular complexity index is 918. The number of alkyl halides is 3. The standard InChI is InChI=1S/C20H16F3N3O/c21-20(22,23)19(16-7-3-1-4-8-16)25-18(27)12-11-15-13-24-26(14-15)17-9-5-2-6-10-17/h1-14,19H,(H,25,27)/b12-11+. The average Bonchev–Trinajstić information content (AvgIpc) is 3.14. The predicted octanol–water partition coefficient (Wildman–Crippen LogP) is 4.31. The molecule has 3 rings (SSSR count). The molecule has 1 unspecified atom stereocenters. The van der Waals surface area contributed by atoms with E-state index in [9.17, 15) is 18.0 Å². The van der Waals surface area contributed by atoms with Crippen molar-refractivity contribution in [1.29, 1.82) is 0 Å². The summed E-state index contributed by atoms with van der Waals surface area (Å²) < 4.78 is 41.4. The third-order valence-electron chi connectivity index (χ3n) is 3.80. The van der Waals surface area contributed by atoms with Crippen molar-refractivity contribution in [3.05, 3.63) is 90.3 Å². The van der Waals surface area contributed by atoms with Crippen molar-refractivity contribution in [2.45, 2.75) is 12.2 Å². The minimum atomic E-state index is -4.59. The molecule has 0 radical (unpaired) electrons. The molecule has 2 aromatic carbocycles. The molecule has 0 aliphatic rings. The van der Waals surface area contributed by atoms with Gasteiger partial charge in [0.15, 0.2) is 6.04 Å². The molecule has 0 saturated heterocycles. The van der Waals surface area contributed by atoms with Crippen LogP contribution in [0.4, 0.5) is 13.2 Å². The molecular weight excluding hydrogens is 355 g/mol. The first-order chi connectivity index (χ1) is 12.9. The summed E-state index contributed by atoms with van der Waals surface area (Å²) in [6.45, 7) is 0. The van der Waals surface area contributed by atoms with Gasteiger partial charge in [0.25, 0.3) is 0 Å². The summed E-state index contributed by atoms with van der Waals surface area (Å²) in [5.74, 6) is -0.839. The van der Waals surface area contributed by atoms with Gasteiger partial charge in [0.05, 0.1) is 11.9 Å². The Balaban J connectivity index is 1.70. The number of amides is 1. The van der Waals surface area contributed by atoms with Gasteiger partial charge in [0.2, 0.25) is 5.91 Å². The van der Waals surface area contributed by atoms with Gasteiger partial charge in [0, 0.05) is 17.8 Å². The minimum Gasteiger partial charge on any atom is -0.337 e. The lowest BCUT2D eigenvalue weighted by Crippen LogP contribution is -2.37. The van der Waals surface area contributed by atoms with Gasteiger partial charge in [-0.05, 0) is 23.8 Å². The molecule has 0 fully saturated rings. The maximum absolute atomic E-state index is 13.3. The quantitative estimate of drug-likeness (QED) is 0.680. The van der Waals surface area contributed by atoms with Gasteiger partial charge in [-0.3, -0.25) is 4.79 Å². The van der Waals surface area contributed by atoms with Crippen LogP contribution in [0.2, 0.25) is 0 Å². The Morgan fingerprint density at radius 2 is 1.67 bits per heavy atom. The second-order valence-corrected chi connectivity index (χ2v) is 5.78. The number of hydrogen-bond donors (Lipinski definition) is 1. The molecule has 1 amide bonds. The monoisotopic (exact) mass is 371 g/mol. The van der Waals surface area contributed by atoms with Gasteiger partial charge in [-0.25, -0.2) is 4.68 Å². The van der Waals surface area contributed by atoms with Crippen LogP contribution >= 0.6 is 0 Å². The highest BCUT2D eigenvalue weighted by Crippen LogP contribution is 2.32. The molecule has 0 saturated carbocycles. The second-order valence-electron chi connectivity index (χ2n) is 5.78. The molecule has 3 aromatic rings. The number of benzene rings is 2. The highest BCUT2D eigenvalue weighted by atomic mass is 19.4. The summed E-state index contributed by atoms with van der Waals surface area (Å²) >= 11 is 0. The third-order valence-corrected chi connectivity index (χ3v) is 3.80. The Hall–Kier alpha value is -3.35. The number of nitrogens with one attached hydrogen (secondary N) is 1. The lowest BCUT2D eigenvalue weighted by atomic mass is 10.1. The molecule has 1 atom stereocenters. The van der Waals surface area contributed by atoms with Gasteiger partial charge in [-0.2, -0.15) is 18.3 Å². The van der Waals surface area contributed by atoms with Gasteiger partial charge in [0.1, 0.15) is 0 Å². The molecule has 0 aliphatic carbocycles. The van der Waals surface area contributed by atoms with Crippen LogP contribution in [-0.4, -0.2) is 21.9 Å². The number of nitrogens with zero attached hydrogens (tertiary/aromatic N) is 2. The Morgan fingerprint density at radius 3 is 2.30 bits per heavy atom. The normalized spacial score (nSPS) is 12.9. The van der Waals surface area contributed by atoms with Crippen LogP contribution in [0.5, 0.6) is 0 Å². The van der Waals surface area contributed by atoms with Gasteiger partial charge in [-0.1, -0.05) is 48.5 Å². The van der Waals surface area contributed by atoms with Crippen molar-refractivity contribution in [1.82, 2.24) is 15.1 Å². The van der Waals surface area contributed by atoms with Crippen LogP contribution in [-0.2, 0) is 4.79 Å². The van der Waals surface area contributed by atoms with Gasteiger partial charge in [-0.15, -0.1) is 0 Å². The lowest BCUT2D eigenvalue weighted by Gasteiger charge is -2.21. The zero-order chi connectivity index (χ0) is 19.3. The van der Waals surface area contributed by atoms with E-state index in [1.165, 1.54) is 36.5 Å². The van der Waals surface area contributed by atoms with Crippen LogP contribution in [0.25, 0.3) is 11.8 Å². The summed E-state index contributed by atoms with van der Waals surface area (Å²) in [6.07, 6.45) is 1.09. The molecule has 27 heavy (non-hydrogen) atoms. The number of halogens is 3. The first kappa shape index (κ1) is 18.4. The number of hydrogen-bond acceptors (Lipinski definition) is 2. The molecule has 1 heterocycles. The summed E-state index contributed by atoms with van der Waals surface area (Å²) in [6, 6.07) is 14.5. The van der Waals surface area contributed by atoms with E-state index >= 15 is 0 Å². The summed E-state index contributed by atoms with van der Waals surface area (Å²) in [5, 5.41) is 6.17. The highest BCUT2D eigenvalue weighted by molar-refractivity contribution is 5.92. The van der Waals surface area contributed by atoms with E-state index in [4.69, 9.17) is 0 Å². The molecular formula is C20H16F3N3O. The van der Waals surface area contributed by atoms with Crippen molar-refractivity contribution < 1.29 is 18.0 Å². The Kier molecular flexibility index (Phi) is 5.40. The van der Waals surface area contributed by atoms with Crippen molar-refractivity contribution >= 4 is 12.0 Å². The molecule has 0 spiro atoms. The maximum Gasteiger partial charge on any atom is 0.412 e. The van der Waals surface area contributed by atoms with E-state index in [0.717, 1.165) is 11.8 Å². The van der Waals surface area contributed by atoms with E-state index in [-0.39, 0.29) is 5.56 Å². The van der Waals surface area contributed by atoms with Gasteiger partial charge >= 0.3 is 6.18 Å². The largest absolute Gasteiger partial charge is 0.412 e. The summed E-state index contributed by atoms with van der Waals surface area (Å²) in [5.41, 5.74) is 1.41. The average molecular weight is 371 g/mol. The van der Waals surface area contributed by atoms with Crippen molar-refractivity contribution in [2.24, 2.45) is 0 Å². The predicted molar refractivity (Wildman–Crippen MR) is 96.0 cm³/mol. The van der Waals surface area contributed by atoms with Gasteiger partial charge < -0.3 is 5.32 Å². The zero-order valence-electron chi connectivity index (χ0n) is 14.1. The van der Waals surface area contributed by atoms with E-state index in [0.29, 0.717) is 5.56 Å². The third kappa shape index (κ3) is 4.84. The van der Waals surface area contributed by atoms with Crippen molar-refractivity contribution in [2.75, 3.05) is 0 Å². The molecule has 1 N–H and O–H groups in total. The SMILES string of the molecule is O=C(/C=C/c1cnn(-c2ccccc2)c1)NC(c1ccccc1)C(F)(F)F. The zero-order valence-corrected chi connectivity index (χ0v) is 14.1. The smallest absolute Gasteiger partial charge is 0.337 e. The fourth-order valence-corrected chi connectivity index (χ4v) is 2.51. The molecule has 4 nitrogen and oxygen atoms in total. The van der Waals surface area contributed by atoms with Crippen LogP contribution in [0.1, 0.15) is 17.2 Å². The molecule has 138 valence electrons. The van der Waals surface area contributed by atoms with E-state index in [2.05, 4.69) is 5.10 Å². The fraction of sp³-hybridized carbons (Fsp3) is 0.100. The summed E-state index contributed by atoms with van der Waals surface area (Å²) in [7, 11) is 0. The number of aromatic nitrogens is 2. The van der Waals surface area contributed by atoms with Crippen molar-refractivity contribution in [3.63, 3.8) is 0 Å². The van der Waals surface area contributed by atoms with Crippen molar-refractivity contribution in [3.8, 4) is 5.69 Å². The van der Waals surface area contributed by atoms with E-state index in [1.807, 2.05) is 35.6 Å². The topological polar surface area (TPSA) is 46.9 Å². The fourth-order valence-electron chi connectivity index (χ4n) is 2.51. The van der Waals surface area contributed by atoms with Crippen LogP contribution in [0.3, 0.4) is 0 Å². The molecule has 0 bridgehead atoms. The molecule has 7 heteroatoms. The lowest BCUT2D eigenvalue weighted by molar-refractivity contribution is -0.162. The number of carbonyl (C=O) groups is 1. The minimum absolute atomic E-state index is 0.0244. The van der Waals surface area contributed by atoms with Crippen LogP contribution in [0, 0.1) is 0 Å². The molecule has 0 aliphatic heterocycles. The van der Waals surface area contributed by atoms with Crippen LogP contribution < -0.4 is 5.32 Å². The number of rotatable bonds is 5.